The molecule has 1 aromatic carbocycles. The first-order valence-corrected chi connectivity index (χ1v) is 8.86. The van der Waals surface area contributed by atoms with E-state index in [-0.39, 0.29) is 23.8 Å². The Morgan fingerprint density at radius 1 is 1.24 bits per heavy atom. The second-order valence-electron chi connectivity index (χ2n) is 5.48. The molecule has 6 heteroatoms. The highest BCUT2D eigenvalue weighted by molar-refractivity contribution is 8.04. The van der Waals surface area contributed by atoms with Gasteiger partial charge in [-0.1, -0.05) is 30.4 Å². The van der Waals surface area contributed by atoms with Crippen molar-refractivity contribution in [3.63, 3.8) is 0 Å². The van der Waals surface area contributed by atoms with Gasteiger partial charge in [0.05, 0.1) is 23.8 Å². The van der Waals surface area contributed by atoms with Crippen LogP contribution in [0.25, 0.3) is 6.08 Å². The Morgan fingerprint density at radius 2 is 2.00 bits per heavy atom. The number of rotatable bonds is 8. The average Bonchev–Trinajstić information content (AvgIpc) is 2.60. The van der Waals surface area contributed by atoms with E-state index in [0.29, 0.717) is 10.7 Å². The molecule has 1 aliphatic carbocycles. The van der Waals surface area contributed by atoms with Crippen LogP contribution >= 0.6 is 11.8 Å². The number of allylic oxidation sites excluding steroid dienone is 3. The van der Waals surface area contributed by atoms with Crippen molar-refractivity contribution in [1.82, 2.24) is 5.32 Å². The van der Waals surface area contributed by atoms with Gasteiger partial charge in [0.2, 0.25) is 5.78 Å². The van der Waals surface area contributed by atoms with Crippen molar-refractivity contribution in [2.24, 2.45) is 0 Å². The maximum atomic E-state index is 12.1. The summed E-state index contributed by atoms with van der Waals surface area (Å²) in [6, 6.07) is 7.65. The minimum absolute atomic E-state index is 0.205. The van der Waals surface area contributed by atoms with E-state index in [4.69, 9.17) is 4.74 Å². The van der Waals surface area contributed by atoms with Crippen molar-refractivity contribution in [3.8, 4) is 5.75 Å². The monoisotopic (exact) mass is 359 g/mol. The van der Waals surface area contributed by atoms with Crippen molar-refractivity contribution < 1.29 is 19.4 Å². The number of para-hydroxylation sites is 1. The molecule has 1 aromatic rings. The van der Waals surface area contributed by atoms with Gasteiger partial charge in [0.25, 0.3) is 0 Å². The van der Waals surface area contributed by atoms with E-state index in [1.54, 1.807) is 14.0 Å². The smallest absolute Gasteiger partial charge is 0.203 e. The predicted octanol–water partition coefficient (Wildman–Crippen LogP) is 2.33. The van der Waals surface area contributed by atoms with Crippen molar-refractivity contribution >= 4 is 29.4 Å². The van der Waals surface area contributed by atoms with Gasteiger partial charge >= 0.3 is 0 Å². The molecule has 2 N–H and O–H groups in total. The van der Waals surface area contributed by atoms with Crippen molar-refractivity contribution in [1.29, 1.82) is 0 Å². The van der Waals surface area contributed by atoms with Crippen molar-refractivity contribution in [2.75, 3.05) is 19.4 Å². The van der Waals surface area contributed by atoms with Gasteiger partial charge in [-0.25, -0.2) is 0 Å². The Bertz CT molecular complexity index is 735. The molecule has 0 saturated carbocycles. The lowest BCUT2D eigenvalue weighted by Gasteiger charge is -2.14. The minimum Gasteiger partial charge on any atom is -0.496 e. The van der Waals surface area contributed by atoms with Gasteiger partial charge in [0, 0.05) is 30.0 Å². The van der Waals surface area contributed by atoms with Gasteiger partial charge in [-0.2, -0.15) is 0 Å². The first kappa shape index (κ1) is 19.0. The summed E-state index contributed by atoms with van der Waals surface area (Å²) in [5.74, 6) is 0.885. The molecule has 0 amide bonds. The molecule has 0 bridgehead atoms. The number of hydrogen-bond donors (Lipinski definition) is 2. The van der Waals surface area contributed by atoms with Crippen LogP contribution in [0.5, 0.6) is 5.75 Å². The lowest BCUT2D eigenvalue weighted by atomic mass is 10.1. The topological polar surface area (TPSA) is 75.6 Å². The summed E-state index contributed by atoms with van der Waals surface area (Å²) < 4.78 is 5.27. The van der Waals surface area contributed by atoms with Gasteiger partial charge in [-0.15, -0.1) is 11.8 Å². The van der Waals surface area contributed by atoms with E-state index in [0.717, 1.165) is 11.3 Å². The maximum Gasteiger partial charge on any atom is 0.203 e. The zero-order valence-corrected chi connectivity index (χ0v) is 15.0. The molecule has 0 heterocycles. The van der Waals surface area contributed by atoms with Crippen molar-refractivity contribution in [3.05, 3.63) is 58.7 Å². The van der Waals surface area contributed by atoms with Crippen LogP contribution in [0.4, 0.5) is 0 Å². The summed E-state index contributed by atoms with van der Waals surface area (Å²) in [5, 5.41) is 12.0. The number of methoxy groups -OCH3 is 1. The average molecular weight is 359 g/mol. The first-order valence-electron chi connectivity index (χ1n) is 7.87. The lowest BCUT2D eigenvalue weighted by Crippen LogP contribution is -2.29. The summed E-state index contributed by atoms with van der Waals surface area (Å²) >= 11 is 1.31. The molecule has 0 spiro atoms. The number of nitrogens with one attached hydrogen (secondary N) is 1. The van der Waals surface area contributed by atoms with Crippen LogP contribution < -0.4 is 10.1 Å². The molecule has 132 valence electrons. The van der Waals surface area contributed by atoms with E-state index in [9.17, 15) is 14.7 Å². The minimum atomic E-state index is -0.594. The fourth-order valence-electron chi connectivity index (χ4n) is 2.17. The number of thioether (sulfide) groups is 1. The van der Waals surface area contributed by atoms with Gasteiger partial charge in [0.15, 0.2) is 5.78 Å². The van der Waals surface area contributed by atoms with Crippen LogP contribution in [0.3, 0.4) is 0 Å². The number of ether oxygens (including phenoxy) is 1. The van der Waals surface area contributed by atoms with Crippen molar-refractivity contribution in [2.45, 2.75) is 13.0 Å². The molecule has 0 radical (unpaired) electrons. The van der Waals surface area contributed by atoms with Gasteiger partial charge in [-0.05, 0) is 13.0 Å². The number of carbonyl (C=O) groups excluding carboxylic acids is 2. The number of carbonyl (C=O) groups is 2. The molecule has 1 unspecified atom stereocenters. The Balaban J connectivity index is 1.91. The largest absolute Gasteiger partial charge is 0.496 e. The molecular weight excluding hydrogens is 338 g/mol. The third-order valence-corrected chi connectivity index (χ3v) is 4.39. The normalized spacial score (nSPS) is 15.8. The zero-order chi connectivity index (χ0) is 18.2. The van der Waals surface area contributed by atoms with Gasteiger partial charge < -0.3 is 15.2 Å². The van der Waals surface area contributed by atoms with E-state index in [1.165, 1.54) is 23.9 Å². The number of aliphatic hydroxyl groups is 1. The van der Waals surface area contributed by atoms with Crippen LogP contribution in [0.1, 0.15) is 12.5 Å². The lowest BCUT2D eigenvalue weighted by molar-refractivity contribution is -0.115. The summed E-state index contributed by atoms with van der Waals surface area (Å²) in [6.45, 7) is 1.83. The van der Waals surface area contributed by atoms with E-state index < -0.39 is 6.10 Å². The van der Waals surface area contributed by atoms with E-state index >= 15 is 0 Å². The van der Waals surface area contributed by atoms with E-state index in [1.807, 2.05) is 36.4 Å². The third kappa shape index (κ3) is 5.62. The molecule has 0 aliphatic heterocycles. The van der Waals surface area contributed by atoms with Crippen LogP contribution in [0.15, 0.2) is 53.1 Å². The first-order chi connectivity index (χ1) is 12.0. The van der Waals surface area contributed by atoms with Gasteiger partial charge in [0.1, 0.15) is 5.75 Å². The molecule has 1 aliphatic rings. The third-order valence-electron chi connectivity index (χ3n) is 3.41. The molecule has 0 fully saturated rings. The number of benzene rings is 1. The van der Waals surface area contributed by atoms with E-state index in [2.05, 4.69) is 5.32 Å². The fraction of sp³-hybridized carbons (Fsp3) is 0.263. The molecule has 5 nitrogen and oxygen atoms in total. The SMILES string of the molecule is COc1ccccc1/C=C/CSC1=CC(=O)C(NCC(C)O)=CC1=O. The highest BCUT2D eigenvalue weighted by Gasteiger charge is 2.20. The number of aliphatic hydroxyl groups excluding tert-OH is 1. The summed E-state index contributed by atoms with van der Waals surface area (Å²) in [7, 11) is 1.62. The Labute approximate surface area is 151 Å². The second-order valence-corrected chi connectivity index (χ2v) is 6.54. The number of ketones is 2. The standard InChI is InChI=1S/C19H21NO4S/c1-13(21)12-20-15-10-17(23)19(11-16(15)22)25-9-5-7-14-6-3-4-8-18(14)24-2/h3-8,10-11,13,20-21H,9,12H2,1-2H3/b7-5+. The molecule has 2 rings (SSSR count). The molecular formula is C19H21NO4S. The predicted molar refractivity (Wildman–Crippen MR) is 100 cm³/mol. The Hall–Kier alpha value is -2.31. The van der Waals surface area contributed by atoms with Crippen LogP contribution in [-0.4, -0.2) is 42.2 Å². The maximum absolute atomic E-state index is 12.1. The Morgan fingerprint density at radius 3 is 2.72 bits per heavy atom. The quantitative estimate of drug-likeness (QED) is 0.694. The zero-order valence-electron chi connectivity index (χ0n) is 14.2. The molecule has 25 heavy (non-hydrogen) atoms. The van der Waals surface area contributed by atoms with Crippen LogP contribution in [0, 0.1) is 0 Å². The van der Waals surface area contributed by atoms with Crippen LogP contribution in [0.2, 0.25) is 0 Å². The fourth-order valence-corrected chi connectivity index (χ4v) is 2.93. The summed E-state index contributed by atoms with van der Waals surface area (Å²) in [4.78, 5) is 24.5. The molecule has 0 aromatic heterocycles. The second kappa shape index (κ2) is 9.25. The van der Waals surface area contributed by atoms with Crippen LogP contribution in [-0.2, 0) is 9.59 Å². The highest BCUT2D eigenvalue weighted by atomic mass is 32.2. The number of hydrogen-bond acceptors (Lipinski definition) is 6. The highest BCUT2D eigenvalue weighted by Crippen LogP contribution is 2.23. The summed E-state index contributed by atoms with van der Waals surface area (Å²) in [6.07, 6.45) is 5.88. The molecule has 1 atom stereocenters. The van der Waals surface area contributed by atoms with Gasteiger partial charge in [-0.3, -0.25) is 9.59 Å². The molecule has 0 saturated heterocycles. The Kier molecular flexibility index (Phi) is 7.03. The summed E-state index contributed by atoms with van der Waals surface area (Å²) in [5.41, 5.74) is 1.18.